The van der Waals surface area contributed by atoms with Crippen LogP contribution in [0.15, 0.2) is 49.6 Å². The number of aliphatic hydroxyl groups excluding tert-OH is 1. The molecule has 2 bridgehead atoms. The van der Waals surface area contributed by atoms with Crippen LogP contribution in [0.5, 0.6) is 0 Å². The lowest BCUT2D eigenvalue weighted by Gasteiger charge is -2.40. The zero-order valence-electron chi connectivity index (χ0n) is 23.3. The van der Waals surface area contributed by atoms with Crippen molar-refractivity contribution >= 4 is 46.8 Å². The molecule has 218 valence electrons. The van der Waals surface area contributed by atoms with Crippen molar-refractivity contribution in [1.29, 1.82) is 0 Å². The SMILES string of the molecule is C=CCCCOC(=O)[C@@H]1[C@@H]2CC(C)C3(S2)C(C(=O)N(CC=C)c2ccccc2Cl)N(CCCCCCO)C(=O)[C@H]13. The molecule has 3 aliphatic rings. The summed E-state index contributed by atoms with van der Waals surface area (Å²) >= 11 is 8.20. The number of rotatable bonds is 15. The maximum absolute atomic E-state index is 14.6. The summed E-state index contributed by atoms with van der Waals surface area (Å²) in [5, 5.41) is 9.56. The first-order valence-electron chi connectivity index (χ1n) is 14.4. The van der Waals surface area contributed by atoms with E-state index in [9.17, 15) is 19.5 Å². The molecule has 9 heteroatoms. The van der Waals surface area contributed by atoms with Gasteiger partial charge in [0.25, 0.3) is 5.91 Å². The molecule has 1 spiro atoms. The highest BCUT2D eigenvalue weighted by Gasteiger charge is 2.76. The lowest BCUT2D eigenvalue weighted by atomic mass is 9.66. The summed E-state index contributed by atoms with van der Waals surface area (Å²) < 4.78 is 4.95. The van der Waals surface area contributed by atoms with Crippen LogP contribution in [0, 0.1) is 17.8 Å². The Balaban J connectivity index is 1.70. The summed E-state index contributed by atoms with van der Waals surface area (Å²) in [7, 11) is 0. The van der Waals surface area contributed by atoms with Gasteiger partial charge in [0.05, 0.1) is 33.9 Å². The molecule has 2 amide bonds. The number of likely N-dealkylation sites (tertiary alicyclic amines) is 1. The minimum Gasteiger partial charge on any atom is -0.465 e. The smallest absolute Gasteiger partial charge is 0.310 e. The van der Waals surface area contributed by atoms with E-state index in [0.717, 1.165) is 25.7 Å². The summed E-state index contributed by atoms with van der Waals surface area (Å²) in [6.07, 6.45) is 8.76. The number of fused-ring (bicyclic) bond motifs is 1. The highest BCUT2D eigenvalue weighted by atomic mass is 35.5. The van der Waals surface area contributed by atoms with Crippen molar-refractivity contribution in [2.24, 2.45) is 17.8 Å². The van der Waals surface area contributed by atoms with E-state index in [1.54, 1.807) is 45.8 Å². The number of carbonyl (C=O) groups excluding carboxylic acids is 3. The maximum atomic E-state index is 14.6. The number of anilines is 1. The molecule has 3 aliphatic heterocycles. The molecule has 3 unspecified atom stereocenters. The van der Waals surface area contributed by atoms with Gasteiger partial charge in [-0.2, -0.15) is 0 Å². The number of hydrogen-bond acceptors (Lipinski definition) is 6. The summed E-state index contributed by atoms with van der Waals surface area (Å²) in [4.78, 5) is 45.7. The van der Waals surface area contributed by atoms with Gasteiger partial charge in [-0.15, -0.1) is 24.9 Å². The minimum absolute atomic E-state index is 0.0615. The Morgan fingerprint density at radius 1 is 1.20 bits per heavy atom. The normalized spacial score (nSPS) is 28.4. The van der Waals surface area contributed by atoms with Crippen LogP contribution in [0.1, 0.15) is 51.9 Å². The van der Waals surface area contributed by atoms with Crippen molar-refractivity contribution in [3.05, 3.63) is 54.6 Å². The number of para-hydroxylation sites is 1. The second kappa shape index (κ2) is 13.6. The molecule has 1 aromatic carbocycles. The van der Waals surface area contributed by atoms with E-state index in [1.807, 2.05) is 12.1 Å². The third kappa shape index (κ3) is 5.59. The van der Waals surface area contributed by atoms with E-state index in [1.165, 1.54) is 0 Å². The predicted octanol–water partition coefficient (Wildman–Crippen LogP) is 5.26. The Labute approximate surface area is 246 Å². The highest BCUT2D eigenvalue weighted by molar-refractivity contribution is 8.02. The van der Waals surface area contributed by atoms with Gasteiger partial charge in [-0.3, -0.25) is 14.4 Å². The standard InChI is InChI=1S/C31H41ClN2O5S/c1-4-6-13-19-39-30(38)25-24-20-21(3)31(40-24)26(25)28(36)34(17-11-7-8-12-18-35)27(31)29(37)33(16-5-2)23-15-10-9-14-22(23)32/h4-5,9-10,14-15,21,24-27,35H,1-2,6-8,11-13,16-20H2,3H3/t21?,24-,25+,26-,27?,31?/m0/s1. The van der Waals surface area contributed by atoms with Crippen LogP contribution in [0.2, 0.25) is 5.02 Å². The summed E-state index contributed by atoms with van der Waals surface area (Å²) in [5.74, 6) is -1.78. The molecular weight excluding hydrogens is 548 g/mol. The third-order valence-electron chi connectivity index (χ3n) is 8.58. The fourth-order valence-corrected chi connectivity index (χ4v) is 9.45. The van der Waals surface area contributed by atoms with Gasteiger partial charge in [0, 0.05) is 24.9 Å². The van der Waals surface area contributed by atoms with Gasteiger partial charge in [-0.25, -0.2) is 0 Å². The van der Waals surface area contributed by atoms with Crippen molar-refractivity contribution in [1.82, 2.24) is 4.90 Å². The predicted molar refractivity (Wildman–Crippen MR) is 160 cm³/mol. The molecule has 0 aliphatic carbocycles. The van der Waals surface area contributed by atoms with E-state index in [4.69, 9.17) is 16.3 Å². The number of nitrogens with zero attached hydrogens (tertiary/aromatic N) is 2. The summed E-state index contributed by atoms with van der Waals surface area (Å²) in [6.45, 7) is 10.8. The van der Waals surface area contributed by atoms with E-state index in [0.29, 0.717) is 43.1 Å². The van der Waals surface area contributed by atoms with Gasteiger partial charge in [-0.05, 0) is 50.2 Å². The van der Waals surface area contributed by atoms with E-state index >= 15 is 0 Å². The average Bonchev–Trinajstić information content (AvgIpc) is 3.53. The molecule has 6 atom stereocenters. The van der Waals surface area contributed by atoms with Crippen LogP contribution < -0.4 is 4.90 Å². The number of benzene rings is 1. The second-order valence-corrected chi connectivity index (χ2v) is 13.0. The van der Waals surface area contributed by atoms with Gasteiger partial charge in [0.2, 0.25) is 5.91 Å². The fraction of sp³-hybridized carbons (Fsp3) is 0.581. The molecule has 7 nitrogen and oxygen atoms in total. The highest BCUT2D eigenvalue weighted by Crippen LogP contribution is 2.69. The molecular formula is C31H41ClN2O5S. The number of allylic oxidation sites excluding steroid dienone is 1. The molecule has 4 rings (SSSR count). The third-order valence-corrected chi connectivity index (χ3v) is 11.0. The second-order valence-electron chi connectivity index (χ2n) is 11.0. The number of esters is 1. The Hall–Kier alpha value is -2.29. The van der Waals surface area contributed by atoms with Gasteiger partial charge < -0.3 is 19.6 Å². The molecule has 3 fully saturated rings. The van der Waals surface area contributed by atoms with Crippen molar-refractivity contribution in [3.8, 4) is 0 Å². The molecule has 1 N–H and O–H groups in total. The molecule has 40 heavy (non-hydrogen) atoms. The Kier molecular flexibility index (Phi) is 10.4. The van der Waals surface area contributed by atoms with Crippen molar-refractivity contribution < 1.29 is 24.2 Å². The van der Waals surface area contributed by atoms with Crippen LogP contribution in [-0.2, 0) is 19.1 Å². The molecule has 0 radical (unpaired) electrons. The monoisotopic (exact) mass is 588 g/mol. The van der Waals surface area contributed by atoms with E-state index < -0.39 is 22.6 Å². The zero-order chi connectivity index (χ0) is 28.9. The number of halogens is 1. The topological polar surface area (TPSA) is 87.2 Å². The van der Waals surface area contributed by atoms with E-state index in [-0.39, 0.29) is 42.1 Å². The minimum atomic E-state index is -0.734. The van der Waals surface area contributed by atoms with Crippen LogP contribution in [-0.4, -0.2) is 70.1 Å². The Morgan fingerprint density at radius 2 is 1.95 bits per heavy atom. The number of unbranched alkanes of at least 4 members (excludes halogenated alkanes) is 4. The van der Waals surface area contributed by atoms with Crippen LogP contribution in [0.3, 0.4) is 0 Å². The van der Waals surface area contributed by atoms with Crippen molar-refractivity contribution in [2.45, 2.75) is 67.9 Å². The van der Waals surface area contributed by atoms with Gasteiger partial charge in [-0.1, -0.05) is 55.7 Å². The van der Waals surface area contributed by atoms with Gasteiger partial charge >= 0.3 is 5.97 Å². The number of ether oxygens (including phenoxy) is 1. The van der Waals surface area contributed by atoms with Crippen LogP contribution in [0.25, 0.3) is 0 Å². The number of aliphatic hydroxyl groups is 1. The number of carbonyl (C=O) groups is 3. The first-order valence-corrected chi connectivity index (χ1v) is 15.6. The van der Waals surface area contributed by atoms with Crippen molar-refractivity contribution in [2.75, 3.05) is 31.2 Å². The first kappa shape index (κ1) is 30.7. The lowest BCUT2D eigenvalue weighted by Crippen LogP contribution is -2.57. The first-order chi connectivity index (χ1) is 19.3. The van der Waals surface area contributed by atoms with Crippen molar-refractivity contribution in [3.63, 3.8) is 0 Å². The van der Waals surface area contributed by atoms with Gasteiger partial charge in [0.15, 0.2) is 0 Å². The number of hydrogen-bond donors (Lipinski definition) is 1. The quantitative estimate of drug-likeness (QED) is 0.171. The van der Waals surface area contributed by atoms with E-state index in [2.05, 4.69) is 20.1 Å². The zero-order valence-corrected chi connectivity index (χ0v) is 24.9. The Morgan fingerprint density at radius 3 is 2.65 bits per heavy atom. The molecule has 3 heterocycles. The number of thioether (sulfide) groups is 1. The lowest BCUT2D eigenvalue weighted by molar-refractivity contribution is -0.154. The largest absolute Gasteiger partial charge is 0.465 e. The molecule has 3 saturated heterocycles. The van der Waals surface area contributed by atoms with Gasteiger partial charge in [0.1, 0.15) is 6.04 Å². The molecule has 0 saturated carbocycles. The average molecular weight is 589 g/mol. The maximum Gasteiger partial charge on any atom is 0.310 e. The van der Waals surface area contributed by atoms with Crippen LogP contribution >= 0.6 is 23.4 Å². The fourth-order valence-electron chi connectivity index (χ4n) is 6.81. The van der Waals surface area contributed by atoms with Crippen LogP contribution in [0.4, 0.5) is 5.69 Å². The number of amides is 2. The summed E-state index contributed by atoms with van der Waals surface area (Å²) in [5.41, 5.74) is 0.577. The summed E-state index contributed by atoms with van der Waals surface area (Å²) in [6, 6.07) is 6.47. The Bertz CT molecular complexity index is 1110. The molecule has 0 aromatic heterocycles. The molecule has 1 aromatic rings.